The molecule has 0 spiro atoms. The minimum atomic E-state index is 0. The van der Waals surface area contributed by atoms with Crippen molar-refractivity contribution in [3.63, 3.8) is 0 Å². The molecule has 0 bridgehead atoms. The van der Waals surface area contributed by atoms with Crippen molar-refractivity contribution in [2.24, 2.45) is 11.3 Å². The molecule has 0 aromatic rings. The number of hydrogen-bond acceptors (Lipinski definition) is 2. The molecule has 100 valence electrons. The molecule has 0 aromatic heterocycles. The van der Waals surface area contributed by atoms with Crippen LogP contribution in [0, 0.1) is 11.3 Å². The second kappa shape index (κ2) is 6.05. The van der Waals surface area contributed by atoms with Crippen molar-refractivity contribution in [3.05, 3.63) is 0 Å². The van der Waals surface area contributed by atoms with E-state index >= 15 is 0 Å². The number of halogens is 1. The third-order valence-corrected chi connectivity index (χ3v) is 3.96. The monoisotopic (exact) mass is 260 g/mol. The van der Waals surface area contributed by atoms with Crippen LogP contribution in [0.15, 0.2) is 0 Å². The van der Waals surface area contributed by atoms with Crippen molar-refractivity contribution >= 4 is 18.3 Å². The van der Waals surface area contributed by atoms with Gasteiger partial charge in [-0.3, -0.25) is 4.79 Å². The lowest BCUT2D eigenvalue weighted by Crippen LogP contribution is -2.30. The molecule has 2 saturated heterocycles. The van der Waals surface area contributed by atoms with Crippen LogP contribution in [0.3, 0.4) is 0 Å². The van der Waals surface area contributed by atoms with Gasteiger partial charge in [0.1, 0.15) is 0 Å². The normalized spacial score (nSPS) is 26.9. The highest BCUT2D eigenvalue weighted by Crippen LogP contribution is 2.29. The molecular formula is C13H25ClN2O. The standard InChI is InChI=1S/C13H24N2O.ClH/c1-13(2)6-8-15(10-13)12(16)4-3-11-5-7-14-9-11;/h11,14H,3-10H2,1-2H3;1H. The number of amides is 1. The van der Waals surface area contributed by atoms with Crippen LogP contribution < -0.4 is 5.32 Å². The maximum atomic E-state index is 12.0. The van der Waals surface area contributed by atoms with E-state index in [0.29, 0.717) is 11.3 Å². The van der Waals surface area contributed by atoms with Crippen LogP contribution in [-0.4, -0.2) is 37.0 Å². The van der Waals surface area contributed by atoms with Crippen molar-refractivity contribution in [2.45, 2.75) is 39.5 Å². The Labute approximate surface area is 111 Å². The first kappa shape index (κ1) is 14.8. The zero-order chi connectivity index (χ0) is 11.6. The van der Waals surface area contributed by atoms with Crippen LogP contribution in [0.25, 0.3) is 0 Å². The van der Waals surface area contributed by atoms with Gasteiger partial charge in [-0.15, -0.1) is 12.4 Å². The van der Waals surface area contributed by atoms with Crippen molar-refractivity contribution < 1.29 is 4.79 Å². The molecule has 2 aliphatic rings. The Balaban J connectivity index is 0.00000144. The predicted octanol–water partition coefficient (Wildman–Crippen LogP) is 2.06. The summed E-state index contributed by atoms with van der Waals surface area (Å²) in [4.78, 5) is 14.1. The number of likely N-dealkylation sites (tertiary alicyclic amines) is 1. The first-order chi connectivity index (χ1) is 7.57. The molecule has 1 N–H and O–H groups in total. The fraction of sp³-hybridized carbons (Fsp3) is 0.923. The molecule has 0 radical (unpaired) electrons. The maximum absolute atomic E-state index is 12.0. The molecule has 2 rings (SSSR count). The summed E-state index contributed by atoms with van der Waals surface area (Å²) in [6, 6.07) is 0. The van der Waals surface area contributed by atoms with E-state index in [1.807, 2.05) is 0 Å². The lowest BCUT2D eigenvalue weighted by Gasteiger charge is -2.20. The lowest BCUT2D eigenvalue weighted by atomic mass is 9.93. The summed E-state index contributed by atoms with van der Waals surface area (Å²) in [6.45, 7) is 8.67. The summed E-state index contributed by atoms with van der Waals surface area (Å²) in [5, 5.41) is 3.35. The first-order valence-corrected chi connectivity index (χ1v) is 6.55. The van der Waals surface area contributed by atoms with Crippen LogP contribution in [0.4, 0.5) is 0 Å². The maximum Gasteiger partial charge on any atom is 0.222 e. The third-order valence-electron chi connectivity index (χ3n) is 3.96. The third kappa shape index (κ3) is 4.14. The average molecular weight is 261 g/mol. The molecule has 2 aliphatic heterocycles. The van der Waals surface area contributed by atoms with Gasteiger partial charge in [-0.05, 0) is 43.7 Å². The number of rotatable bonds is 3. The summed E-state index contributed by atoms with van der Waals surface area (Å²) >= 11 is 0. The van der Waals surface area contributed by atoms with E-state index < -0.39 is 0 Å². The van der Waals surface area contributed by atoms with Gasteiger partial charge in [0.25, 0.3) is 0 Å². The highest BCUT2D eigenvalue weighted by atomic mass is 35.5. The van der Waals surface area contributed by atoms with Gasteiger partial charge in [-0.2, -0.15) is 0 Å². The van der Waals surface area contributed by atoms with Crippen molar-refractivity contribution in [1.29, 1.82) is 0 Å². The fourth-order valence-electron chi connectivity index (χ4n) is 2.77. The van der Waals surface area contributed by atoms with E-state index in [1.165, 1.54) is 6.42 Å². The van der Waals surface area contributed by atoms with Gasteiger partial charge in [0.05, 0.1) is 0 Å². The fourth-order valence-corrected chi connectivity index (χ4v) is 2.77. The zero-order valence-electron chi connectivity index (χ0n) is 11.0. The van der Waals surface area contributed by atoms with E-state index in [4.69, 9.17) is 0 Å². The van der Waals surface area contributed by atoms with Crippen LogP contribution in [0.5, 0.6) is 0 Å². The minimum absolute atomic E-state index is 0. The summed E-state index contributed by atoms with van der Waals surface area (Å²) in [6.07, 6.45) is 4.23. The van der Waals surface area contributed by atoms with E-state index in [9.17, 15) is 4.79 Å². The van der Waals surface area contributed by atoms with E-state index in [-0.39, 0.29) is 12.4 Å². The number of hydrogen-bond donors (Lipinski definition) is 1. The second-order valence-corrected chi connectivity index (χ2v) is 6.13. The van der Waals surface area contributed by atoms with Crippen molar-refractivity contribution in [1.82, 2.24) is 10.2 Å². The molecule has 3 nitrogen and oxygen atoms in total. The average Bonchev–Trinajstić information content (AvgIpc) is 2.83. The molecule has 17 heavy (non-hydrogen) atoms. The van der Waals surface area contributed by atoms with Gasteiger partial charge < -0.3 is 10.2 Å². The molecular weight excluding hydrogens is 236 g/mol. The predicted molar refractivity (Wildman–Crippen MR) is 72.4 cm³/mol. The van der Waals surface area contributed by atoms with E-state index in [0.717, 1.165) is 51.4 Å². The van der Waals surface area contributed by atoms with Gasteiger partial charge in [0.15, 0.2) is 0 Å². The Morgan fingerprint density at radius 1 is 1.47 bits per heavy atom. The van der Waals surface area contributed by atoms with Gasteiger partial charge in [-0.25, -0.2) is 0 Å². The Morgan fingerprint density at radius 2 is 2.24 bits per heavy atom. The molecule has 0 aromatic carbocycles. The van der Waals surface area contributed by atoms with Gasteiger partial charge in [0.2, 0.25) is 5.91 Å². The highest BCUT2D eigenvalue weighted by molar-refractivity contribution is 5.85. The Hall–Kier alpha value is -0.280. The molecule has 0 aliphatic carbocycles. The number of nitrogens with one attached hydrogen (secondary N) is 1. The smallest absolute Gasteiger partial charge is 0.222 e. The summed E-state index contributed by atoms with van der Waals surface area (Å²) in [5.74, 6) is 1.11. The number of carbonyl (C=O) groups is 1. The second-order valence-electron chi connectivity index (χ2n) is 6.13. The highest BCUT2D eigenvalue weighted by Gasteiger charge is 2.31. The van der Waals surface area contributed by atoms with Gasteiger partial charge in [-0.1, -0.05) is 13.8 Å². The van der Waals surface area contributed by atoms with Crippen molar-refractivity contribution in [3.8, 4) is 0 Å². The summed E-state index contributed by atoms with van der Waals surface area (Å²) in [7, 11) is 0. The van der Waals surface area contributed by atoms with E-state index in [1.54, 1.807) is 0 Å². The molecule has 2 fully saturated rings. The number of carbonyl (C=O) groups excluding carboxylic acids is 1. The molecule has 1 atom stereocenters. The van der Waals surface area contributed by atoms with E-state index in [2.05, 4.69) is 24.1 Å². The topological polar surface area (TPSA) is 32.3 Å². The van der Waals surface area contributed by atoms with Crippen LogP contribution in [0.1, 0.15) is 39.5 Å². The van der Waals surface area contributed by atoms with Crippen LogP contribution in [-0.2, 0) is 4.79 Å². The Bertz CT molecular complexity index is 262. The molecule has 2 heterocycles. The zero-order valence-corrected chi connectivity index (χ0v) is 11.8. The van der Waals surface area contributed by atoms with Crippen molar-refractivity contribution in [2.75, 3.05) is 26.2 Å². The minimum Gasteiger partial charge on any atom is -0.342 e. The van der Waals surface area contributed by atoms with Crippen LogP contribution in [0.2, 0.25) is 0 Å². The van der Waals surface area contributed by atoms with Crippen LogP contribution >= 0.6 is 12.4 Å². The Kier molecular flexibility index (Phi) is 5.26. The van der Waals surface area contributed by atoms with Gasteiger partial charge in [0, 0.05) is 19.5 Å². The van der Waals surface area contributed by atoms with Gasteiger partial charge >= 0.3 is 0 Å². The summed E-state index contributed by atoms with van der Waals surface area (Å²) < 4.78 is 0. The first-order valence-electron chi connectivity index (χ1n) is 6.55. The summed E-state index contributed by atoms with van der Waals surface area (Å²) in [5.41, 5.74) is 0.338. The molecule has 1 unspecified atom stereocenters. The SMILES string of the molecule is CC1(C)CCN(C(=O)CCC2CCNC2)C1.Cl. The Morgan fingerprint density at radius 3 is 2.76 bits per heavy atom. The molecule has 1 amide bonds. The largest absolute Gasteiger partial charge is 0.342 e. The quantitative estimate of drug-likeness (QED) is 0.843. The number of nitrogens with zero attached hydrogens (tertiary/aromatic N) is 1. The lowest BCUT2D eigenvalue weighted by molar-refractivity contribution is -0.130. The molecule has 0 saturated carbocycles. The molecule has 4 heteroatoms.